The number of benzene rings is 1. The van der Waals surface area contributed by atoms with E-state index in [2.05, 4.69) is 4.98 Å². The van der Waals surface area contributed by atoms with Gasteiger partial charge in [-0.05, 0) is 31.5 Å². The van der Waals surface area contributed by atoms with Crippen molar-refractivity contribution < 1.29 is 4.74 Å². The van der Waals surface area contributed by atoms with Gasteiger partial charge < -0.3 is 10.5 Å². The lowest BCUT2D eigenvalue weighted by Gasteiger charge is -2.04. The highest BCUT2D eigenvalue weighted by molar-refractivity contribution is 7.11. The number of hydrogen-bond acceptors (Lipinski definition) is 4. The molecule has 2 aromatic rings. The van der Waals surface area contributed by atoms with Crippen molar-refractivity contribution in [3.8, 4) is 5.75 Å². The number of thiazole rings is 1. The summed E-state index contributed by atoms with van der Waals surface area (Å²) in [7, 11) is 0. The molecule has 0 spiro atoms. The number of aromatic nitrogens is 1. The van der Waals surface area contributed by atoms with Crippen LogP contribution in [0.2, 0.25) is 0 Å². The molecule has 0 saturated carbocycles. The second kappa shape index (κ2) is 5.29. The molecule has 0 bridgehead atoms. The maximum absolute atomic E-state index is 5.69. The third-order valence-electron chi connectivity index (χ3n) is 2.47. The predicted molar refractivity (Wildman–Crippen MR) is 70.3 cm³/mol. The number of nitrogens with zero attached hydrogens (tertiary/aromatic N) is 1. The number of ether oxygens (including phenoxy) is 1. The van der Waals surface area contributed by atoms with Crippen molar-refractivity contribution in [3.63, 3.8) is 0 Å². The highest BCUT2D eigenvalue weighted by Crippen LogP contribution is 2.20. The molecule has 3 nitrogen and oxygen atoms in total. The lowest BCUT2D eigenvalue weighted by Crippen LogP contribution is -1.95. The van der Waals surface area contributed by atoms with Crippen molar-refractivity contribution in [2.75, 3.05) is 0 Å². The molecule has 90 valence electrons. The van der Waals surface area contributed by atoms with E-state index in [0.29, 0.717) is 13.2 Å². The number of hydrogen-bond donors (Lipinski definition) is 1. The second-order valence-corrected chi connectivity index (χ2v) is 5.09. The predicted octanol–water partition coefficient (Wildman–Crippen LogP) is 2.80. The van der Waals surface area contributed by atoms with E-state index >= 15 is 0 Å². The van der Waals surface area contributed by atoms with Crippen molar-refractivity contribution in [1.29, 1.82) is 0 Å². The molecule has 17 heavy (non-hydrogen) atoms. The van der Waals surface area contributed by atoms with Crippen LogP contribution in [0.3, 0.4) is 0 Å². The SMILES string of the molecule is Cc1cccc(OCc2nc(C)c(CN)s2)c1. The van der Waals surface area contributed by atoms with Crippen LogP contribution in [0.25, 0.3) is 0 Å². The van der Waals surface area contributed by atoms with Gasteiger partial charge in [-0.1, -0.05) is 12.1 Å². The third kappa shape index (κ3) is 3.05. The summed E-state index contributed by atoms with van der Waals surface area (Å²) >= 11 is 1.62. The lowest BCUT2D eigenvalue weighted by molar-refractivity contribution is 0.305. The number of aryl methyl sites for hydroxylation is 2. The zero-order chi connectivity index (χ0) is 12.3. The molecule has 0 aliphatic carbocycles. The Morgan fingerprint density at radius 2 is 2.18 bits per heavy atom. The van der Waals surface area contributed by atoms with Crippen LogP contribution in [0.5, 0.6) is 5.75 Å². The number of nitrogens with two attached hydrogens (primary N) is 1. The molecule has 0 aliphatic heterocycles. The molecule has 2 N–H and O–H groups in total. The van der Waals surface area contributed by atoms with E-state index in [1.165, 1.54) is 5.56 Å². The molecule has 4 heteroatoms. The molecular formula is C13H16N2OS. The minimum absolute atomic E-state index is 0.509. The van der Waals surface area contributed by atoms with Gasteiger partial charge in [-0.2, -0.15) is 0 Å². The fraction of sp³-hybridized carbons (Fsp3) is 0.308. The first-order valence-electron chi connectivity index (χ1n) is 5.53. The van der Waals surface area contributed by atoms with Gasteiger partial charge >= 0.3 is 0 Å². The van der Waals surface area contributed by atoms with Crippen molar-refractivity contribution in [1.82, 2.24) is 4.98 Å². The van der Waals surface area contributed by atoms with E-state index in [1.807, 2.05) is 38.1 Å². The van der Waals surface area contributed by atoms with Gasteiger partial charge in [0.2, 0.25) is 0 Å². The summed E-state index contributed by atoms with van der Waals surface area (Å²) < 4.78 is 5.69. The standard InChI is InChI=1S/C13H16N2OS/c1-9-4-3-5-11(6-9)16-8-13-15-10(2)12(7-14)17-13/h3-6H,7-8,14H2,1-2H3. The molecule has 0 unspecified atom stereocenters. The zero-order valence-electron chi connectivity index (χ0n) is 10.1. The molecule has 1 aromatic heterocycles. The largest absolute Gasteiger partial charge is 0.486 e. The minimum atomic E-state index is 0.509. The van der Waals surface area contributed by atoms with Crippen molar-refractivity contribution in [3.05, 3.63) is 45.4 Å². The van der Waals surface area contributed by atoms with Gasteiger partial charge in [0.15, 0.2) is 0 Å². The Kier molecular flexibility index (Phi) is 3.76. The molecule has 1 heterocycles. The summed E-state index contributed by atoms with van der Waals surface area (Å²) in [5.41, 5.74) is 7.83. The van der Waals surface area contributed by atoms with E-state index in [9.17, 15) is 0 Å². The average Bonchev–Trinajstić information content (AvgIpc) is 2.67. The van der Waals surface area contributed by atoms with Crippen LogP contribution in [-0.4, -0.2) is 4.98 Å². The van der Waals surface area contributed by atoms with Crippen LogP contribution >= 0.6 is 11.3 Å². The Morgan fingerprint density at radius 3 is 2.82 bits per heavy atom. The summed E-state index contributed by atoms with van der Waals surface area (Å²) in [6.07, 6.45) is 0. The van der Waals surface area contributed by atoms with Crippen LogP contribution in [0.4, 0.5) is 0 Å². The van der Waals surface area contributed by atoms with Crippen LogP contribution in [0.15, 0.2) is 24.3 Å². The fourth-order valence-electron chi connectivity index (χ4n) is 1.59. The van der Waals surface area contributed by atoms with Gasteiger partial charge in [0.1, 0.15) is 17.4 Å². The Bertz CT molecular complexity index is 508. The first-order valence-corrected chi connectivity index (χ1v) is 6.35. The normalized spacial score (nSPS) is 10.5. The molecule has 0 fully saturated rings. The molecule has 1 aromatic carbocycles. The van der Waals surface area contributed by atoms with E-state index in [-0.39, 0.29) is 0 Å². The number of rotatable bonds is 4. The van der Waals surface area contributed by atoms with Crippen molar-refractivity contribution >= 4 is 11.3 Å². The molecule has 0 amide bonds. The van der Waals surface area contributed by atoms with E-state index < -0.39 is 0 Å². The fourth-order valence-corrected chi connectivity index (χ4v) is 2.45. The van der Waals surface area contributed by atoms with Crippen molar-refractivity contribution in [2.24, 2.45) is 5.73 Å². The highest BCUT2D eigenvalue weighted by atomic mass is 32.1. The molecule has 0 saturated heterocycles. The maximum Gasteiger partial charge on any atom is 0.140 e. The van der Waals surface area contributed by atoms with Gasteiger partial charge in [-0.15, -0.1) is 11.3 Å². The Hall–Kier alpha value is -1.39. The quantitative estimate of drug-likeness (QED) is 0.905. The van der Waals surface area contributed by atoms with E-state index in [4.69, 9.17) is 10.5 Å². The summed E-state index contributed by atoms with van der Waals surface area (Å²) in [6.45, 7) is 5.09. The average molecular weight is 248 g/mol. The van der Waals surface area contributed by atoms with Crippen LogP contribution in [0, 0.1) is 13.8 Å². The first-order chi connectivity index (χ1) is 8.19. The summed E-state index contributed by atoms with van der Waals surface area (Å²) in [4.78, 5) is 5.56. The van der Waals surface area contributed by atoms with Gasteiger partial charge in [0, 0.05) is 11.4 Å². The van der Waals surface area contributed by atoms with Crippen LogP contribution in [0.1, 0.15) is 21.1 Å². The van der Waals surface area contributed by atoms with Crippen LogP contribution < -0.4 is 10.5 Å². The summed E-state index contributed by atoms with van der Waals surface area (Å²) in [5, 5.41) is 0.976. The zero-order valence-corrected chi connectivity index (χ0v) is 10.9. The lowest BCUT2D eigenvalue weighted by atomic mass is 10.2. The Morgan fingerprint density at radius 1 is 1.35 bits per heavy atom. The monoisotopic (exact) mass is 248 g/mol. The topological polar surface area (TPSA) is 48.1 Å². The summed E-state index contributed by atoms with van der Waals surface area (Å²) in [5.74, 6) is 0.882. The highest BCUT2D eigenvalue weighted by Gasteiger charge is 2.06. The van der Waals surface area contributed by atoms with E-state index in [1.54, 1.807) is 11.3 Å². The molecular weight excluding hydrogens is 232 g/mol. The first kappa shape index (κ1) is 12.1. The van der Waals surface area contributed by atoms with Gasteiger partial charge in [0.05, 0.1) is 5.69 Å². The molecule has 0 radical (unpaired) electrons. The molecule has 0 atom stereocenters. The molecule has 0 aliphatic rings. The third-order valence-corrected chi connectivity index (χ3v) is 3.63. The second-order valence-electron chi connectivity index (χ2n) is 3.93. The minimum Gasteiger partial charge on any atom is -0.486 e. The maximum atomic E-state index is 5.69. The Labute approximate surface area is 105 Å². The van der Waals surface area contributed by atoms with Crippen LogP contribution in [-0.2, 0) is 13.2 Å². The van der Waals surface area contributed by atoms with Gasteiger partial charge in [0.25, 0.3) is 0 Å². The molecule has 2 rings (SSSR count). The summed E-state index contributed by atoms with van der Waals surface area (Å²) in [6, 6.07) is 8.01. The van der Waals surface area contributed by atoms with Gasteiger partial charge in [-0.25, -0.2) is 4.98 Å². The van der Waals surface area contributed by atoms with Crippen molar-refractivity contribution in [2.45, 2.75) is 27.0 Å². The Balaban J connectivity index is 2.02. The van der Waals surface area contributed by atoms with Gasteiger partial charge in [-0.3, -0.25) is 0 Å². The van der Waals surface area contributed by atoms with E-state index in [0.717, 1.165) is 21.3 Å². The smallest absolute Gasteiger partial charge is 0.140 e.